The third kappa shape index (κ3) is 2.32. The molecule has 3 nitrogen and oxygen atoms in total. The van der Waals surface area contributed by atoms with E-state index in [1.54, 1.807) is 0 Å². The standard InChI is InChI=1S/C17H19N3/c1-13-19-16-9-5-6-10-17(16)20(13)12-15(11-18)14-7-3-2-4-8-14/h2-10,15H,11-12,18H2,1H3. The highest BCUT2D eigenvalue weighted by Gasteiger charge is 2.14. The Morgan fingerprint density at radius 1 is 1.05 bits per heavy atom. The van der Waals surface area contributed by atoms with Crippen molar-refractivity contribution in [2.45, 2.75) is 19.4 Å². The highest BCUT2D eigenvalue weighted by molar-refractivity contribution is 5.75. The minimum absolute atomic E-state index is 0.313. The van der Waals surface area contributed by atoms with Crippen LogP contribution < -0.4 is 5.73 Å². The van der Waals surface area contributed by atoms with Gasteiger partial charge in [-0.05, 0) is 24.6 Å². The number of benzene rings is 2. The predicted molar refractivity (Wildman–Crippen MR) is 82.7 cm³/mol. The van der Waals surface area contributed by atoms with Crippen molar-refractivity contribution in [2.75, 3.05) is 6.54 Å². The molecule has 2 N–H and O–H groups in total. The van der Waals surface area contributed by atoms with Gasteiger partial charge in [0.15, 0.2) is 0 Å². The van der Waals surface area contributed by atoms with Crippen molar-refractivity contribution in [3.05, 3.63) is 66.0 Å². The summed E-state index contributed by atoms with van der Waals surface area (Å²) in [7, 11) is 0. The lowest BCUT2D eigenvalue weighted by molar-refractivity contribution is 0.567. The molecule has 1 aromatic heterocycles. The van der Waals surface area contributed by atoms with Crippen molar-refractivity contribution in [3.8, 4) is 0 Å². The SMILES string of the molecule is Cc1nc2ccccc2n1CC(CN)c1ccccc1. The van der Waals surface area contributed by atoms with Crippen LogP contribution in [-0.4, -0.2) is 16.1 Å². The Kier molecular flexibility index (Phi) is 3.52. The summed E-state index contributed by atoms with van der Waals surface area (Å²) in [6, 6.07) is 18.7. The summed E-state index contributed by atoms with van der Waals surface area (Å²) in [6.07, 6.45) is 0. The first-order valence-electron chi connectivity index (χ1n) is 6.96. The Bertz CT molecular complexity index is 701. The summed E-state index contributed by atoms with van der Waals surface area (Å²) in [4.78, 5) is 4.62. The Hall–Kier alpha value is -2.13. The van der Waals surface area contributed by atoms with E-state index in [1.165, 1.54) is 11.1 Å². The van der Waals surface area contributed by atoms with Crippen molar-refractivity contribution in [2.24, 2.45) is 5.73 Å². The molecule has 3 heteroatoms. The van der Waals surface area contributed by atoms with Crippen LogP contribution in [0.4, 0.5) is 0 Å². The van der Waals surface area contributed by atoms with Crippen LogP contribution in [0.1, 0.15) is 17.3 Å². The van der Waals surface area contributed by atoms with Gasteiger partial charge in [0.25, 0.3) is 0 Å². The summed E-state index contributed by atoms with van der Waals surface area (Å²) in [6.45, 7) is 3.56. The molecule has 0 amide bonds. The van der Waals surface area contributed by atoms with E-state index >= 15 is 0 Å². The van der Waals surface area contributed by atoms with Gasteiger partial charge in [-0.1, -0.05) is 42.5 Å². The van der Waals surface area contributed by atoms with Crippen LogP contribution in [-0.2, 0) is 6.54 Å². The first-order valence-corrected chi connectivity index (χ1v) is 6.96. The Morgan fingerprint density at radius 2 is 1.75 bits per heavy atom. The van der Waals surface area contributed by atoms with E-state index in [0.717, 1.165) is 17.9 Å². The molecule has 0 fully saturated rings. The number of rotatable bonds is 4. The summed E-state index contributed by atoms with van der Waals surface area (Å²) < 4.78 is 2.26. The highest BCUT2D eigenvalue weighted by atomic mass is 15.1. The molecule has 3 rings (SSSR count). The van der Waals surface area contributed by atoms with E-state index in [-0.39, 0.29) is 0 Å². The fourth-order valence-electron chi connectivity index (χ4n) is 2.69. The predicted octanol–water partition coefficient (Wildman–Crippen LogP) is 3.09. The number of fused-ring (bicyclic) bond motifs is 1. The van der Waals surface area contributed by atoms with Gasteiger partial charge in [0.2, 0.25) is 0 Å². The van der Waals surface area contributed by atoms with Gasteiger partial charge >= 0.3 is 0 Å². The molecule has 0 bridgehead atoms. The maximum Gasteiger partial charge on any atom is 0.106 e. The van der Waals surface area contributed by atoms with Crippen LogP contribution in [0, 0.1) is 6.92 Å². The lowest BCUT2D eigenvalue weighted by Crippen LogP contribution is -2.19. The third-order valence-corrected chi connectivity index (χ3v) is 3.80. The molecule has 3 aromatic rings. The molecule has 0 aliphatic rings. The summed E-state index contributed by atoms with van der Waals surface area (Å²) in [5, 5.41) is 0. The molecule has 0 saturated carbocycles. The lowest BCUT2D eigenvalue weighted by Gasteiger charge is -2.17. The van der Waals surface area contributed by atoms with Gasteiger partial charge in [0, 0.05) is 19.0 Å². The van der Waals surface area contributed by atoms with E-state index in [4.69, 9.17) is 5.73 Å². The van der Waals surface area contributed by atoms with Gasteiger partial charge in [-0.15, -0.1) is 0 Å². The number of hydrogen-bond acceptors (Lipinski definition) is 2. The Morgan fingerprint density at radius 3 is 2.50 bits per heavy atom. The first-order chi connectivity index (χ1) is 9.79. The normalized spacial score (nSPS) is 12.7. The summed E-state index contributed by atoms with van der Waals surface area (Å²) >= 11 is 0. The van der Waals surface area contributed by atoms with E-state index in [9.17, 15) is 0 Å². The number of imidazole rings is 1. The molecule has 102 valence electrons. The molecule has 0 spiro atoms. The van der Waals surface area contributed by atoms with Crippen LogP contribution in [0.5, 0.6) is 0 Å². The minimum Gasteiger partial charge on any atom is -0.330 e. The second kappa shape index (κ2) is 5.47. The zero-order chi connectivity index (χ0) is 13.9. The van der Waals surface area contributed by atoms with Crippen molar-refractivity contribution in [1.82, 2.24) is 9.55 Å². The zero-order valence-corrected chi connectivity index (χ0v) is 11.7. The third-order valence-electron chi connectivity index (χ3n) is 3.80. The number of aromatic nitrogens is 2. The summed E-state index contributed by atoms with van der Waals surface area (Å²) in [5.41, 5.74) is 9.50. The van der Waals surface area contributed by atoms with Gasteiger partial charge in [0.1, 0.15) is 5.82 Å². The molecule has 0 radical (unpaired) electrons. The minimum atomic E-state index is 0.313. The number of nitrogens with two attached hydrogens (primary N) is 1. The van der Waals surface area contributed by atoms with Crippen molar-refractivity contribution >= 4 is 11.0 Å². The number of nitrogens with zero attached hydrogens (tertiary/aromatic N) is 2. The Balaban J connectivity index is 1.97. The van der Waals surface area contributed by atoms with Crippen molar-refractivity contribution in [1.29, 1.82) is 0 Å². The van der Waals surface area contributed by atoms with Gasteiger partial charge in [-0.25, -0.2) is 4.98 Å². The molecule has 1 unspecified atom stereocenters. The zero-order valence-electron chi connectivity index (χ0n) is 11.7. The second-order valence-electron chi connectivity index (χ2n) is 5.10. The smallest absolute Gasteiger partial charge is 0.106 e. The van der Waals surface area contributed by atoms with E-state index < -0.39 is 0 Å². The first kappa shape index (κ1) is 12.9. The maximum absolute atomic E-state index is 5.98. The van der Waals surface area contributed by atoms with Gasteiger partial charge < -0.3 is 10.3 Å². The van der Waals surface area contributed by atoms with Gasteiger partial charge in [0.05, 0.1) is 11.0 Å². The fraction of sp³-hybridized carbons (Fsp3) is 0.235. The van der Waals surface area contributed by atoms with Crippen molar-refractivity contribution in [3.63, 3.8) is 0 Å². The monoisotopic (exact) mass is 265 g/mol. The number of hydrogen-bond donors (Lipinski definition) is 1. The molecule has 2 aromatic carbocycles. The molecule has 20 heavy (non-hydrogen) atoms. The van der Waals surface area contributed by atoms with Crippen molar-refractivity contribution < 1.29 is 0 Å². The quantitative estimate of drug-likeness (QED) is 0.787. The van der Waals surface area contributed by atoms with E-state index in [1.807, 2.05) is 12.1 Å². The molecular weight excluding hydrogens is 246 g/mol. The molecule has 1 atom stereocenters. The molecule has 0 aliphatic heterocycles. The molecule has 0 saturated heterocycles. The van der Waals surface area contributed by atoms with Gasteiger partial charge in [-0.2, -0.15) is 0 Å². The van der Waals surface area contributed by atoms with Crippen LogP contribution in [0.2, 0.25) is 0 Å². The Labute approximate surface area is 119 Å². The fourth-order valence-corrected chi connectivity index (χ4v) is 2.69. The van der Waals surface area contributed by atoms with Crippen LogP contribution in [0.25, 0.3) is 11.0 Å². The highest BCUT2D eigenvalue weighted by Crippen LogP contribution is 2.22. The lowest BCUT2D eigenvalue weighted by atomic mass is 9.99. The second-order valence-corrected chi connectivity index (χ2v) is 5.10. The largest absolute Gasteiger partial charge is 0.330 e. The van der Waals surface area contributed by atoms with E-state index in [2.05, 4.69) is 58.9 Å². The average Bonchev–Trinajstić information content (AvgIpc) is 2.81. The molecular formula is C17H19N3. The van der Waals surface area contributed by atoms with E-state index in [0.29, 0.717) is 12.5 Å². The van der Waals surface area contributed by atoms with Gasteiger partial charge in [-0.3, -0.25) is 0 Å². The molecule has 0 aliphatic carbocycles. The average molecular weight is 265 g/mol. The number of para-hydroxylation sites is 2. The van der Waals surface area contributed by atoms with Crippen LogP contribution >= 0.6 is 0 Å². The van der Waals surface area contributed by atoms with Crippen LogP contribution in [0.15, 0.2) is 54.6 Å². The summed E-state index contributed by atoms with van der Waals surface area (Å²) in [5.74, 6) is 1.35. The maximum atomic E-state index is 5.98. The topological polar surface area (TPSA) is 43.8 Å². The van der Waals surface area contributed by atoms with Crippen LogP contribution in [0.3, 0.4) is 0 Å². The molecule has 1 heterocycles. The number of aryl methyl sites for hydroxylation is 1.